The highest BCUT2D eigenvalue weighted by molar-refractivity contribution is 5.74. The van der Waals surface area contributed by atoms with Crippen molar-refractivity contribution in [2.24, 2.45) is 5.92 Å². The Morgan fingerprint density at radius 3 is 2.56 bits per heavy atom. The largest absolute Gasteiger partial charge is 0.338 e. The number of carbonyl (C=O) groups is 1. The molecule has 2 amide bonds. The summed E-state index contributed by atoms with van der Waals surface area (Å²) in [7, 11) is 0. The van der Waals surface area contributed by atoms with Gasteiger partial charge in [0.2, 0.25) is 0 Å². The van der Waals surface area contributed by atoms with E-state index in [2.05, 4.69) is 15.3 Å². The van der Waals surface area contributed by atoms with Crippen LogP contribution in [-0.4, -0.2) is 50.3 Å². The second-order valence-electron chi connectivity index (χ2n) is 9.40. The Labute approximate surface area is 199 Å². The minimum Gasteiger partial charge on any atom is -0.338 e. The number of rotatable bonds is 5. The normalized spacial score (nSPS) is 19.2. The van der Waals surface area contributed by atoms with Crippen molar-refractivity contribution in [1.82, 2.24) is 30.0 Å². The van der Waals surface area contributed by atoms with Crippen molar-refractivity contribution in [1.29, 1.82) is 0 Å². The zero-order chi connectivity index (χ0) is 23.3. The zero-order valence-corrected chi connectivity index (χ0v) is 19.4. The second-order valence-corrected chi connectivity index (χ2v) is 9.40. The molecule has 2 aliphatic rings. The quantitative estimate of drug-likeness (QED) is 0.583. The van der Waals surface area contributed by atoms with Crippen molar-refractivity contribution in [2.75, 3.05) is 19.6 Å². The van der Waals surface area contributed by atoms with Crippen LogP contribution in [0.15, 0.2) is 48.8 Å². The summed E-state index contributed by atoms with van der Waals surface area (Å²) in [6.07, 6.45) is 11.5. The van der Waals surface area contributed by atoms with Gasteiger partial charge in [-0.3, -0.25) is 0 Å². The average molecular weight is 463 g/mol. The molecule has 34 heavy (non-hydrogen) atoms. The summed E-state index contributed by atoms with van der Waals surface area (Å²) in [5, 5.41) is 7.95. The van der Waals surface area contributed by atoms with E-state index in [-0.39, 0.29) is 17.8 Å². The number of nitrogens with zero attached hydrogens (tertiary/aromatic N) is 5. The summed E-state index contributed by atoms with van der Waals surface area (Å²) in [5.41, 5.74) is 2.53. The number of likely N-dealkylation sites (tertiary alicyclic amines) is 1. The van der Waals surface area contributed by atoms with Gasteiger partial charge in [0.25, 0.3) is 5.95 Å². The Morgan fingerprint density at radius 2 is 1.79 bits per heavy atom. The monoisotopic (exact) mass is 462 g/mol. The Bertz CT molecular complexity index is 1090. The molecule has 1 saturated heterocycles. The number of amides is 2. The van der Waals surface area contributed by atoms with Gasteiger partial charge in [0.15, 0.2) is 0 Å². The molecule has 1 aliphatic carbocycles. The molecule has 0 bridgehead atoms. The van der Waals surface area contributed by atoms with E-state index < -0.39 is 0 Å². The lowest BCUT2D eigenvalue weighted by Gasteiger charge is -2.33. The van der Waals surface area contributed by atoms with Crippen molar-refractivity contribution < 1.29 is 9.18 Å². The van der Waals surface area contributed by atoms with Gasteiger partial charge < -0.3 is 10.2 Å². The third-order valence-electron chi connectivity index (χ3n) is 7.01. The fraction of sp³-hybridized carbons (Fsp3) is 0.462. The summed E-state index contributed by atoms with van der Waals surface area (Å²) < 4.78 is 15.2. The molecule has 8 heteroatoms. The van der Waals surface area contributed by atoms with Crippen molar-refractivity contribution in [3.05, 3.63) is 60.3 Å². The molecule has 1 aliphatic heterocycles. The van der Waals surface area contributed by atoms with Crippen LogP contribution in [0.25, 0.3) is 17.2 Å². The number of nitrogens with one attached hydrogen (secondary N) is 1. The van der Waals surface area contributed by atoms with Crippen LogP contribution in [0.4, 0.5) is 9.18 Å². The molecule has 7 nitrogen and oxygen atoms in total. The van der Waals surface area contributed by atoms with Crippen molar-refractivity contribution >= 4 is 6.03 Å². The molecular weight excluding hydrogens is 431 g/mol. The van der Waals surface area contributed by atoms with E-state index in [0.717, 1.165) is 42.9 Å². The Kier molecular flexibility index (Phi) is 6.83. The molecule has 0 radical (unpaired) electrons. The van der Waals surface area contributed by atoms with Crippen LogP contribution in [0.2, 0.25) is 0 Å². The number of hydrogen-bond donors (Lipinski definition) is 1. The summed E-state index contributed by atoms with van der Waals surface area (Å²) in [4.78, 5) is 23.7. The van der Waals surface area contributed by atoms with Crippen molar-refractivity contribution in [3.8, 4) is 17.2 Å². The second kappa shape index (κ2) is 10.3. The molecule has 0 spiro atoms. The van der Waals surface area contributed by atoms with E-state index >= 15 is 0 Å². The van der Waals surface area contributed by atoms with Gasteiger partial charge in [0.1, 0.15) is 5.82 Å². The van der Waals surface area contributed by atoms with Crippen molar-refractivity contribution in [2.45, 2.75) is 50.9 Å². The van der Waals surface area contributed by atoms with E-state index in [1.807, 2.05) is 11.0 Å². The first kappa shape index (κ1) is 22.5. The summed E-state index contributed by atoms with van der Waals surface area (Å²) in [6, 6.07) is 10.1. The summed E-state index contributed by atoms with van der Waals surface area (Å²) >= 11 is 0. The van der Waals surface area contributed by atoms with E-state index in [1.54, 1.807) is 35.3 Å². The molecule has 3 aromatic rings. The maximum Gasteiger partial charge on any atom is 0.317 e. The zero-order valence-electron chi connectivity index (χ0n) is 19.4. The van der Waals surface area contributed by atoms with Gasteiger partial charge >= 0.3 is 6.03 Å². The van der Waals surface area contributed by atoms with Gasteiger partial charge in [-0.05, 0) is 68.0 Å². The molecule has 2 fully saturated rings. The minimum absolute atomic E-state index is 0.0241. The number of urea groups is 1. The van der Waals surface area contributed by atoms with Crippen LogP contribution >= 0.6 is 0 Å². The first-order valence-corrected chi connectivity index (χ1v) is 12.3. The molecule has 2 aromatic heterocycles. The lowest BCUT2D eigenvalue weighted by atomic mass is 9.89. The van der Waals surface area contributed by atoms with Crippen LogP contribution in [0.1, 0.15) is 56.6 Å². The van der Waals surface area contributed by atoms with Gasteiger partial charge in [-0.25, -0.2) is 23.8 Å². The Hall–Kier alpha value is -3.29. The molecule has 3 heterocycles. The molecular formula is C26H31FN6O. The number of halogens is 1. The van der Waals surface area contributed by atoms with Gasteiger partial charge in [-0.2, -0.15) is 5.10 Å². The number of piperidine rings is 1. The first-order valence-electron chi connectivity index (χ1n) is 12.3. The van der Waals surface area contributed by atoms with Crippen LogP contribution in [0.5, 0.6) is 0 Å². The Morgan fingerprint density at radius 1 is 1.03 bits per heavy atom. The van der Waals surface area contributed by atoms with Crippen LogP contribution in [0, 0.1) is 11.7 Å². The van der Waals surface area contributed by atoms with E-state index in [1.165, 1.54) is 44.2 Å². The van der Waals surface area contributed by atoms with Gasteiger partial charge in [-0.1, -0.05) is 19.3 Å². The number of aromatic nitrogens is 4. The van der Waals surface area contributed by atoms with Gasteiger partial charge in [0, 0.05) is 43.5 Å². The molecule has 1 unspecified atom stereocenters. The highest BCUT2D eigenvalue weighted by atomic mass is 19.1. The molecule has 1 N–H and O–H groups in total. The standard InChI is InChI=1S/C26H31FN6O/c27-22-11-9-20(10-12-22)23-16-24(33(31-23)25-28-13-5-14-29-25)21-8-4-15-32(18-21)26(34)30-17-19-6-2-1-3-7-19/h5,9-14,16,19,21H,1-4,6-8,15,17-18H2,(H,30,34). The molecule has 178 valence electrons. The maximum atomic E-state index is 13.5. The topological polar surface area (TPSA) is 75.9 Å². The fourth-order valence-corrected chi connectivity index (χ4v) is 5.15. The fourth-order valence-electron chi connectivity index (χ4n) is 5.15. The van der Waals surface area contributed by atoms with Crippen molar-refractivity contribution in [3.63, 3.8) is 0 Å². The highest BCUT2D eigenvalue weighted by Gasteiger charge is 2.29. The maximum absolute atomic E-state index is 13.5. The first-order chi connectivity index (χ1) is 16.7. The molecule has 1 saturated carbocycles. The minimum atomic E-state index is -0.281. The van der Waals surface area contributed by atoms with E-state index in [0.29, 0.717) is 18.4 Å². The van der Waals surface area contributed by atoms with E-state index in [4.69, 9.17) is 5.10 Å². The van der Waals surface area contributed by atoms with Gasteiger partial charge in [-0.15, -0.1) is 0 Å². The summed E-state index contributed by atoms with van der Waals surface area (Å²) in [5.74, 6) is 0.926. The number of carbonyl (C=O) groups excluding carboxylic acids is 1. The average Bonchev–Trinajstić information content (AvgIpc) is 3.34. The predicted molar refractivity (Wildman–Crippen MR) is 128 cm³/mol. The molecule has 1 atom stereocenters. The molecule has 1 aromatic carbocycles. The summed E-state index contributed by atoms with van der Waals surface area (Å²) in [6.45, 7) is 2.15. The lowest BCUT2D eigenvalue weighted by molar-refractivity contribution is 0.175. The van der Waals surface area contributed by atoms with Crippen LogP contribution < -0.4 is 5.32 Å². The van der Waals surface area contributed by atoms with Gasteiger partial charge in [0.05, 0.1) is 11.4 Å². The van der Waals surface area contributed by atoms with Crippen LogP contribution in [-0.2, 0) is 0 Å². The lowest BCUT2D eigenvalue weighted by Crippen LogP contribution is -2.46. The number of benzene rings is 1. The third-order valence-corrected chi connectivity index (χ3v) is 7.01. The van der Waals surface area contributed by atoms with Crippen LogP contribution in [0.3, 0.4) is 0 Å². The Balaban J connectivity index is 1.36. The highest BCUT2D eigenvalue weighted by Crippen LogP contribution is 2.31. The molecule has 5 rings (SSSR count). The van der Waals surface area contributed by atoms with E-state index in [9.17, 15) is 9.18 Å². The third kappa shape index (κ3) is 5.11. The predicted octanol–water partition coefficient (Wildman–Crippen LogP) is 4.94. The SMILES string of the molecule is O=C(NCC1CCCCC1)N1CCCC(c2cc(-c3ccc(F)cc3)nn2-c2ncccn2)C1. The number of hydrogen-bond acceptors (Lipinski definition) is 4. The smallest absolute Gasteiger partial charge is 0.317 e.